The second-order valence-electron chi connectivity index (χ2n) is 6.11. The van der Waals surface area contributed by atoms with E-state index in [1.54, 1.807) is 0 Å². The molecule has 18 heavy (non-hydrogen) atoms. The van der Waals surface area contributed by atoms with Crippen molar-refractivity contribution in [1.82, 2.24) is 20.4 Å². The van der Waals surface area contributed by atoms with Crippen molar-refractivity contribution in [3.8, 4) is 0 Å². The van der Waals surface area contributed by atoms with E-state index >= 15 is 0 Å². The smallest absolute Gasteiger partial charge is 0.0261 e. The first kappa shape index (κ1) is 12.9. The predicted octanol–water partition coefficient (Wildman–Crippen LogP) is -0.0345. The van der Waals surface area contributed by atoms with Crippen molar-refractivity contribution >= 4 is 0 Å². The van der Waals surface area contributed by atoms with Crippen LogP contribution in [0.2, 0.25) is 0 Å². The van der Waals surface area contributed by atoms with Gasteiger partial charge in [0, 0.05) is 45.3 Å². The highest BCUT2D eigenvalue weighted by atomic mass is 15.2. The summed E-state index contributed by atoms with van der Waals surface area (Å²) in [5.41, 5.74) is 0. The Morgan fingerprint density at radius 3 is 2.44 bits per heavy atom. The molecule has 0 saturated carbocycles. The molecule has 3 heterocycles. The van der Waals surface area contributed by atoms with E-state index in [-0.39, 0.29) is 0 Å². The predicted molar refractivity (Wildman–Crippen MR) is 74.9 cm³/mol. The molecule has 2 N–H and O–H groups in total. The highest BCUT2D eigenvalue weighted by Gasteiger charge is 2.32. The maximum atomic E-state index is 3.61. The maximum Gasteiger partial charge on any atom is 0.0261 e. The summed E-state index contributed by atoms with van der Waals surface area (Å²) >= 11 is 0. The average molecular weight is 252 g/mol. The second-order valence-corrected chi connectivity index (χ2v) is 6.11. The lowest BCUT2D eigenvalue weighted by molar-refractivity contribution is 0.0979. The lowest BCUT2D eigenvalue weighted by Crippen LogP contribution is -2.55. The second kappa shape index (κ2) is 6.33. The summed E-state index contributed by atoms with van der Waals surface area (Å²) in [6.07, 6.45) is 4.19. The Morgan fingerprint density at radius 2 is 1.67 bits per heavy atom. The van der Waals surface area contributed by atoms with E-state index in [9.17, 15) is 0 Å². The molecule has 4 heteroatoms. The van der Waals surface area contributed by atoms with E-state index in [4.69, 9.17) is 0 Å². The van der Waals surface area contributed by atoms with Gasteiger partial charge in [-0.1, -0.05) is 0 Å². The third-order valence-electron chi connectivity index (χ3n) is 4.90. The average Bonchev–Trinajstić information content (AvgIpc) is 2.94. The van der Waals surface area contributed by atoms with Gasteiger partial charge in [0.1, 0.15) is 0 Å². The van der Waals surface area contributed by atoms with Gasteiger partial charge in [-0.3, -0.25) is 4.90 Å². The molecule has 2 atom stereocenters. The van der Waals surface area contributed by atoms with Gasteiger partial charge in [0.05, 0.1) is 0 Å². The van der Waals surface area contributed by atoms with Gasteiger partial charge in [0.25, 0.3) is 0 Å². The van der Waals surface area contributed by atoms with Gasteiger partial charge in [-0.2, -0.15) is 0 Å². The SMILES string of the molecule is C1CCN(C2CNCCC2CN2CCNCC2)C1. The van der Waals surface area contributed by atoms with Crippen molar-refractivity contribution in [2.24, 2.45) is 5.92 Å². The van der Waals surface area contributed by atoms with Gasteiger partial charge < -0.3 is 15.5 Å². The zero-order valence-electron chi connectivity index (χ0n) is 11.5. The van der Waals surface area contributed by atoms with Gasteiger partial charge in [0.15, 0.2) is 0 Å². The molecule has 0 aromatic rings. The number of nitrogens with one attached hydrogen (secondary N) is 2. The zero-order valence-corrected chi connectivity index (χ0v) is 11.5. The largest absolute Gasteiger partial charge is 0.315 e. The summed E-state index contributed by atoms with van der Waals surface area (Å²) in [5.74, 6) is 0.891. The summed E-state index contributed by atoms with van der Waals surface area (Å²) in [5, 5.41) is 7.06. The third-order valence-corrected chi connectivity index (χ3v) is 4.90. The first-order chi connectivity index (χ1) is 8.93. The molecular weight excluding hydrogens is 224 g/mol. The Labute approximate surface area is 111 Å². The summed E-state index contributed by atoms with van der Waals surface area (Å²) < 4.78 is 0. The Kier molecular flexibility index (Phi) is 4.52. The molecule has 3 rings (SSSR count). The number of hydrogen-bond donors (Lipinski definition) is 2. The van der Waals surface area contributed by atoms with Crippen molar-refractivity contribution in [2.45, 2.75) is 25.3 Å². The fourth-order valence-corrected chi connectivity index (χ4v) is 3.84. The quantitative estimate of drug-likeness (QED) is 0.738. The number of hydrogen-bond acceptors (Lipinski definition) is 4. The van der Waals surface area contributed by atoms with Crippen LogP contribution in [0.4, 0.5) is 0 Å². The first-order valence-corrected chi connectivity index (χ1v) is 7.81. The summed E-state index contributed by atoms with van der Waals surface area (Å²) in [7, 11) is 0. The van der Waals surface area contributed by atoms with Crippen molar-refractivity contribution in [3.05, 3.63) is 0 Å². The molecule has 3 aliphatic heterocycles. The number of likely N-dealkylation sites (tertiary alicyclic amines) is 1. The molecule has 3 aliphatic rings. The molecule has 104 valence electrons. The van der Waals surface area contributed by atoms with Gasteiger partial charge in [-0.15, -0.1) is 0 Å². The van der Waals surface area contributed by atoms with Crippen LogP contribution in [-0.4, -0.2) is 74.7 Å². The number of nitrogens with zero attached hydrogens (tertiary/aromatic N) is 2. The molecule has 0 amide bonds. The van der Waals surface area contributed by atoms with Gasteiger partial charge in [-0.05, 0) is 44.8 Å². The van der Waals surface area contributed by atoms with Gasteiger partial charge in [-0.25, -0.2) is 0 Å². The first-order valence-electron chi connectivity index (χ1n) is 7.81. The van der Waals surface area contributed by atoms with Crippen LogP contribution in [0.1, 0.15) is 19.3 Å². The molecule has 3 saturated heterocycles. The monoisotopic (exact) mass is 252 g/mol. The lowest BCUT2D eigenvalue weighted by atomic mass is 9.90. The summed E-state index contributed by atoms with van der Waals surface area (Å²) in [4.78, 5) is 5.43. The Hall–Kier alpha value is -0.160. The maximum absolute atomic E-state index is 3.61. The van der Waals surface area contributed by atoms with Crippen molar-refractivity contribution in [1.29, 1.82) is 0 Å². The van der Waals surface area contributed by atoms with E-state index in [1.165, 1.54) is 78.2 Å². The van der Waals surface area contributed by atoms with Crippen LogP contribution in [0.3, 0.4) is 0 Å². The van der Waals surface area contributed by atoms with E-state index < -0.39 is 0 Å². The lowest BCUT2D eigenvalue weighted by Gasteiger charge is -2.41. The minimum absolute atomic E-state index is 0.802. The van der Waals surface area contributed by atoms with Crippen LogP contribution in [0, 0.1) is 5.92 Å². The standard InChI is InChI=1S/C14H28N4/c1-2-8-18(7-1)14-11-16-4-3-13(14)12-17-9-5-15-6-10-17/h13-16H,1-12H2. The fraction of sp³-hybridized carbons (Fsp3) is 1.00. The van der Waals surface area contributed by atoms with Gasteiger partial charge in [0.2, 0.25) is 0 Å². The van der Waals surface area contributed by atoms with E-state index in [2.05, 4.69) is 20.4 Å². The molecule has 0 aromatic heterocycles. The van der Waals surface area contributed by atoms with Crippen molar-refractivity contribution < 1.29 is 0 Å². The number of piperidine rings is 1. The normalized spacial score (nSPS) is 36.0. The van der Waals surface area contributed by atoms with Gasteiger partial charge >= 0.3 is 0 Å². The van der Waals surface area contributed by atoms with Crippen LogP contribution in [0.15, 0.2) is 0 Å². The molecule has 3 fully saturated rings. The molecule has 0 aliphatic carbocycles. The molecule has 0 spiro atoms. The van der Waals surface area contributed by atoms with E-state index in [0.717, 1.165) is 12.0 Å². The molecule has 4 nitrogen and oxygen atoms in total. The van der Waals surface area contributed by atoms with Crippen LogP contribution in [-0.2, 0) is 0 Å². The Bertz CT molecular complexity index is 246. The van der Waals surface area contributed by atoms with Crippen LogP contribution < -0.4 is 10.6 Å². The number of piperazine rings is 1. The Balaban J connectivity index is 1.56. The minimum atomic E-state index is 0.802. The third kappa shape index (κ3) is 3.05. The van der Waals surface area contributed by atoms with Crippen LogP contribution >= 0.6 is 0 Å². The molecule has 0 bridgehead atoms. The van der Waals surface area contributed by atoms with E-state index in [0.29, 0.717) is 0 Å². The summed E-state index contributed by atoms with van der Waals surface area (Å²) in [6.45, 7) is 11.3. The minimum Gasteiger partial charge on any atom is -0.315 e. The van der Waals surface area contributed by atoms with Crippen molar-refractivity contribution in [2.75, 3.05) is 58.9 Å². The molecule has 0 radical (unpaired) electrons. The number of rotatable bonds is 3. The van der Waals surface area contributed by atoms with Crippen LogP contribution in [0.5, 0.6) is 0 Å². The highest BCUT2D eigenvalue weighted by molar-refractivity contribution is 4.89. The highest BCUT2D eigenvalue weighted by Crippen LogP contribution is 2.23. The summed E-state index contributed by atoms with van der Waals surface area (Å²) in [6, 6.07) is 0.802. The molecular formula is C14H28N4. The molecule has 0 aromatic carbocycles. The topological polar surface area (TPSA) is 30.5 Å². The van der Waals surface area contributed by atoms with E-state index in [1.807, 2.05) is 0 Å². The zero-order chi connectivity index (χ0) is 12.2. The Morgan fingerprint density at radius 1 is 0.889 bits per heavy atom. The van der Waals surface area contributed by atoms with Crippen molar-refractivity contribution in [3.63, 3.8) is 0 Å². The van der Waals surface area contributed by atoms with Crippen LogP contribution in [0.25, 0.3) is 0 Å². The molecule has 2 unspecified atom stereocenters. The fourth-order valence-electron chi connectivity index (χ4n) is 3.84.